The van der Waals surface area contributed by atoms with Gasteiger partial charge < -0.3 is 15.5 Å². The number of aryl methyl sites for hydroxylation is 1. The zero-order valence-electron chi connectivity index (χ0n) is 20.0. The number of likely N-dealkylation sites (N-methyl/N-ethyl adjacent to an activating group) is 1. The Labute approximate surface area is 202 Å². The number of anilines is 2. The second-order valence-electron chi connectivity index (χ2n) is 9.39. The molecule has 2 heterocycles. The smallest absolute Gasteiger partial charge is 0.239 e. The van der Waals surface area contributed by atoms with Crippen LogP contribution in [0.2, 0.25) is 0 Å². The van der Waals surface area contributed by atoms with Gasteiger partial charge in [-0.05, 0) is 57.5 Å². The Kier molecular flexibility index (Phi) is 6.56. The number of hydrogen-bond acceptors (Lipinski definition) is 6. The van der Waals surface area contributed by atoms with Crippen molar-refractivity contribution in [1.82, 2.24) is 19.9 Å². The van der Waals surface area contributed by atoms with Gasteiger partial charge >= 0.3 is 0 Å². The molecule has 0 spiro atoms. The predicted octanol–water partition coefficient (Wildman–Crippen LogP) is 4.87. The quantitative estimate of drug-likeness (QED) is 0.395. The molecule has 0 radical (unpaired) electrons. The first-order chi connectivity index (χ1) is 16.1. The molecule has 0 fully saturated rings. The number of hydrogen-bond donors (Lipinski definition) is 2. The maximum atomic E-state index is 13.4. The van der Waals surface area contributed by atoms with Crippen LogP contribution in [0, 0.1) is 12.7 Å². The van der Waals surface area contributed by atoms with E-state index in [4.69, 9.17) is 10.1 Å². The molecule has 4 aromatic rings. The van der Waals surface area contributed by atoms with E-state index in [9.17, 15) is 9.18 Å². The molecule has 0 saturated carbocycles. The standard InChI is InChI=1S/C25H29FN6OS/c1-16-6-8-17(9-7-16)14-27-20(33)15-31(5)24-30-32-22(29-25(2,3)4)21(28-23(32)34-24)18-10-12-19(26)13-11-18/h6-13,29H,14-15H2,1-5H3,(H,27,33). The van der Waals surface area contributed by atoms with Gasteiger partial charge in [0.2, 0.25) is 16.0 Å². The molecule has 0 bridgehead atoms. The molecule has 0 saturated heterocycles. The van der Waals surface area contributed by atoms with Crippen molar-refractivity contribution in [3.63, 3.8) is 0 Å². The fraction of sp³-hybridized carbons (Fsp3) is 0.320. The molecule has 0 aliphatic heterocycles. The van der Waals surface area contributed by atoms with Crippen LogP contribution in [-0.2, 0) is 11.3 Å². The van der Waals surface area contributed by atoms with Crippen molar-refractivity contribution in [2.45, 2.75) is 39.8 Å². The number of carbonyl (C=O) groups excluding carboxylic acids is 1. The summed E-state index contributed by atoms with van der Waals surface area (Å²) in [6.07, 6.45) is 0. The van der Waals surface area contributed by atoms with Gasteiger partial charge in [0.05, 0.1) is 6.54 Å². The number of nitrogens with one attached hydrogen (secondary N) is 2. The molecule has 1 amide bonds. The van der Waals surface area contributed by atoms with Crippen LogP contribution in [0.25, 0.3) is 16.2 Å². The van der Waals surface area contributed by atoms with Gasteiger partial charge in [-0.25, -0.2) is 9.37 Å². The number of amides is 1. The van der Waals surface area contributed by atoms with E-state index in [0.29, 0.717) is 22.3 Å². The number of halogens is 1. The third-order valence-electron chi connectivity index (χ3n) is 5.12. The number of imidazole rings is 1. The van der Waals surface area contributed by atoms with Crippen molar-refractivity contribution in [2.24, 2.45) is 0 Å². The summed E-state index contributed by atoms with van der Waals surface area (Å²) in [6.45, 7) is 8.85. The Balaban J connectivity index is 1.53. The summed E-state index contributed by atoms with van der Waals surface area (Å²) in [5.74, 6) is 0.350. The maximum absolute atomic E-state index is 13.4. The molecule has 7 nitrogen and oxygen atoms in total. The molecule has 0 aliphatic carbocycles. The lowest BCUT2D eigenvalue weighted by molar-refractivity contribution is -0.119. The molecule has 9 heteroatoms. The number of nitrogens with zero attached hydrogens (tertiary/aromatic N) is 4. The molecular weight excluding hydrogens is 451 g/mol. The summed E-state index contributed by atoms with van der Waals surface area (Å²) in [5, 5.41) is 11.8. The molecule has 2 aromatic heterocycles. The Morgan fingerprint density at radius 1 is 1.12 bits per heavy atom. The Hall–Kier alpha value is -3.46. The molecule has 2 N–H and O–H groups in total. The number of rotatable bonds is 7. The van der Waals surface area contributed by atoms with Crippen molar-refractivity contribution in [3.05, 3.63) is 65.5 Å². The lowest BCUT2D eigenvalue weighted by Gasteiger charge is -2.22. The Morgan fingerprint density at radius 2 is 1.79 bits per heavy atom. The normalized spacial score (nSPS) is 11.6. The van der Waals surface area contributed by atoms with Crippen LogP contribution < -0.4 is 15.5 Å². The van der Waals surface area contributed by atoms with E-state index < -0.39 is 0 Å². The Bertz CT molecular complexity index is 1290. The van der Waals surface area contributed by atoms with Gasteiger partial charge in [-0.2, -0.15) is 4.52 Å². The van der Waals surface area contributed by atoms with Crippen LogP contribution in [0.15, 0.2) is 48.5 Å². The summed E-state index contributed by atoms with van der Waals surface area (Å²) in [7, 11) is 1.83. The van der Waals surface area contributed by atoms with Crippen molar-refractivity contribution < 1.29 is 9.18 Å². The van der Waals surface area contributed by atoms with E-state index in [1.807, 2.05) is 43.1 Å². The van der Waals surface area contributed by atoms with Gasteiger partial charge in [0.15, 0.2) is 5.82 Å². The van der Waals surface area contributed by atoms with Crippen LogP contribution in [0.3, 0.4) is 0 Å². The zero-order valence-corrected chi connectivity index (χ0v) is 20.8. The van der Waals surface area contributed by atoms with Crippen molar-refractivity contribution in [1.29, 1.82) is 0 Å². The number of aromatic nitrogens is 3. The van der Waals surface area contributed by atoms with E-state index in [1.165, 1.54) is 29.0 Å². The minimum atomic E-state index is -0.294. The SMILES string of the molecule is Cc1ccc(CNC(=O)CN(C)c2nn3c(NC(C)(C)C)c(-c4ccc(F)cc4)nc3s2)cc1. The first kappa shape index (κ1) is 23.7. The summed E-state index contributed by atoms with van der Waals surface area (Å²) in [5.41, 5.74) is 3.51. The average molecular weight is 481 g/mol. The lowest BCUT2D eigenvalue weighted by Crippen LogP contribution is -2.34. The monoisotopic (exact) mass is 480 g/mol. The van der Waals surface area contributed by atoms with Crippen LogP contribution in [-0.4, -0.2) is 39.6 Å². The van der Waals surface area contributed by atoms with Crippen molar-refractivity contribution in [3.8, 4) is 11.3 Å². The van der Waals surface area contributed by atoms with Gasteiger partial charge in [-0.15, -0.1) is 5.10 Å². The highest BCUT2D eigenvalue weighted by Crippen LogP contribution is 2.34. The average Bonchev–Trinajstić information content (AvgIpc) is 3.32. The highest BCUT2D eigenvalue weighted by atomic mass is 32.1. The highest BCUT2D eigenvalue weighted by Gasteiger charge is 2.23. The molecule has 34 heavy (non-hydrogen) atoms. The predicted molar refractivity (Wildman–Crippen MR) is 136 cm³/mol. The van der Waals surface area contributed by atoms with E-state index in [2.05, 4.69) is 31.4 Å². The van der Waals surface area contributed by atoms with Gasteiger partial charge in [0.1, 0.15) is 11.5 Å². The molecule has 0 aliphatic rings. The number of benzene rings is 2. The summed E-state index contributed by atoms with van der Waals surface area (Å²) in [6, 6.07) is 14.3. The largest absolute Gasteiger partial charge is 0.364 e. The fourth-order valence-corrected chi connectivity index (χ4v) is 4.28. The Morgan fingerprint density at radius 3 is 2.44 bits per heavy atom. The lowest BCUT2D eigenvalue weighted by atomic mass is 10.1. The zero-order chi connectivity index (χ0) is 24.5. The molecule has 4 rings (SSSR count). The summed E-state index contributed by atoms with van der Waals surface area (Å²) < 4.78 is 15.2. The molecule has 0 unspecified atom stereocenters. The van der Waals surface area contributed by atoms with Crippen LogP contribution in [0.4, 0.5) is 15.3 Å². The number of fused-ring (bicyclic) bond motifs is 1. The van der Waals surface area contributed by atoms with Crippen LogP contribution in [0.5, 0.6) is 0 Å². The van der Waals surface area contributed by atoms with Crippen molar-refractivity contribution in [2.75, 3.05) is 23.8 Å². The van der Waals surface area contributed by atoms with Gasteiger partial charge in [-0.1, -0.05) is 41.2 Å². The molecule has 178 valence electrons. The van der Waals surface area contributed by atoms with Gasteiger partial charge in [-0.3, -0.25) is 4.79 Å². The van der Waals surface area contributed by atoms with E-state index in [1.54, 1.807) is 16.6 Å². The molecular formula is C25H29FN6OS. The van der Waals surface area contributed by atoms with E-state index in [-0.39, 0.29) is 23.8 Å². The summed E-state index contributed by atoms with van der Waals surface area (Å²) >= 11 is 1.39. The van der Waals surface area contributed by atoms with Crippen LogP contribution >= 0.6 is 11.3 Å². The van der Waals surface area contributed by atoms with Crippen molar-refractivity contribution >= 4 is 33.2 Å². The third kappa shape index (κ3) is 5.53. The van der Waals surface area contributed by atoms with E-state index in [0.717, 1.165) is 16.9 Å². The van der Waals surface area contributed by atoms with E-state index >= 15 is 0 Å². The summed E-state index contributed by atoms with van der Waals surface area (Å²) in [4.78, 5) is 19.8. The van der Waals surface area contributed by atoms with Crippen LogP contribution in [0.1, 0.15) is 31.9 Å². The first-order valence-electron chi connectivity index (χ1n) is 11.1. The number of carbonyl (C=O) groups is 1. The second-order valence-corrected chi connectivity index (χ2v) is 10.3. The molecule has 2 aromatic carbocycles. The molecule has 0 atom stereocenters. The first-order valence-corrected chi connectivity index (χ1v) is 11.9. The topological polar surface area (TPSA) is 74.6 Å². The maximum Gasteiger partial charge on any atom is 0.239 e. The highest BCUT2D eigenvalue weighted by molar-refractivity contribution is 7.20. The minimum absolute atomic E-state index is 0.0871. The fourth-order valence-electron chi connectivity index (χ4n) is 3.41. The van der Waals surface area contributed by atoms with Gasteiger partial charge in [0, 0.05) is 24.7 Å². The second kappa shape index (κ2) is 9.42. The van der Waals surface area contributed by atoms with Gasteiger partial charge in [0.25, 0.3) is 0 Å². The third-order valence-corrected chi connectivity index (χ3v) is 6.14. The minimum Gasteiger partial charge on any atom is -0.364 e.